The summed E-state index contributed by atoms with van der Waals surface area (Å²) in [4.78, 5) is 19.2. The largest absolute Gasteiger partial charge is 0.397 e. The number of thiophene rings is 1. The Morgan fingerprint density at radius 1 is 1.59 bits per heavy atom. The van der Waals surface area contributed by atoms with Crippen LogP contribution in [0.3, 0.4) is 0 Å². The third kappa shape index (κ3) is 1.62. The van der Waals surface area contributed by atoms with Gasteiger partial charge in [0.2, 0.25) is 0 Å². The molecule has 0 spiro atoms. The molecule has 1 aliphatic rings. The van der Waals surface area contributed by atoms with Gasteiger partial charge in [-0.1, -0.05) is 0 Å². The molecule has 0 bridgehead atoms. The zero-order valence-electron chi connectivity index (χ0n) is 9.56. The molecule has 0 saturated carbocycles. The smallest absolute Gasteiger partial charge is 0.162 e. The number of pyridine rings is 1. The van der Waals surface area contributed by atoms with Crippen LogP contribution in [0, 0.1) is 0 Å². The number of carbonyl (C=O) groups is 1. The molecule has 17 heavy (non-hydrogen) atoms. The van der Waals surface area contributed by atoms with Gasteiger partial charge in [-0.2, -0.15) is 0 Å². The van der Waals surface area contributed by atoms with E-state index in [1.807, 2.05) is 0 Å². The first kappa shape index (κ1) is 10.7. The number of fused-ring (bicyclic) bond motifs is 2. The van der Waals surface area contributed by atoms with Gasteiger partial charge in [0.1, 0.15) is 4.83 Å². The van der Waals surface area contributed by atoms with Crippen molar-refractivity contribution in [1.29, 1.82) is 0 Å². The van der Waals surface area contributed by atoms with E-state index in [0.717, 1.165) is 41.7 Å². The number of hydrogen-bond donors (Lipinski definition) is 1. The van der Waals surface area contributed by atoms with E-state index in [0.29, 0.717) is 10.6 Å². The number of anilines is 1. The molecule has 0 atom stereocenters. The van der Waals surface area contributed by atoms with Crippen LogP contribution in [0.15, 0.2) is 6.07 Å². The molecule has 3 rings (SSSR count). The van der Waals surface area contributed by atoms with Crippen molar-refractivity contribution < 1.29 is 4.79 Å². The Morgan fingerprint density at radius 3 is 3.18 bits per heavy atom. The van der Waals surface area contributed by atoms with Crippen LogP contribution in [0.4, 0.5) is 5.69 Å². The lowest BCUT2D eigenvalue weighted by Crippen LogP contribution is -2.27. The molecular formula is C12H13N3OS. The highest BCUT2D eigenvalue weighted by atomic mass is 32.1. The fourth-order valence-electron chi connectivity index (χ4n) is 2.24. The number of nitrogens with two attached hydrogens (primary N) is 1. The Kier molecular flexibility index (Phi) is 2.38. The maximum atomic E-state index is 10.9. The first-order chi connectivity index (χ1) is 8.19. The molecular weight excluding hydrogens is 234 g/mol. The van der Waals surface area contributed by atoms with E-state index < -0.39 is 0 Å². The predicted molar refractivity (Wildman–Crippen MR) is 69.5 cm³/mol. The average Bonchev–Trinajstić information content (AvgIpc) is 2.63. The molecule has 2 aromatic rings. The topological polar surface area (TPSA) is 59.2 Å². The van der Waals surface area contributed by atoms with Gasteiger partial charge in [0.05, 0.1) is 10.6 Å². The van der Waals surface area contributed by atoms with Gasteiger partial charge in [-0.25, -0.2) is 4.98 Å². The summed E-state index contributed by atoms with van der Waals surface area (Å²) in [5.41, 5.74) is 8.89. The molecule has 2 aromatic heterocycles. The van der Waals surface area contributed by atoms with E-state index in [-0.39, 0.29) is 0 Å². The number of carbonyl (C=O) groups excluding carboxylic acids is 1. The molecule has 5 heteroatoms. The Hall–Kier alpha value is -1.46. The van der Waals surface area contributed by atoms with E-state index in [4.69, 9.17) is 5.73 Å². The zero-order chi connectivity index (χ0) is 12.0. The van der Waals surface area contributed by atoms with Gasteiger partial charge < -0.3 is 10.6 Å². The number of nitrogen functional groups attached to an aromatic ring is 1. The summed E-state index contributed by atoms with van der Waals surface area (Å²) in [5, 5.41) is 0.922. The molecule has 0 fully saturated rings. The lowest BCUT2D eigenvalue weighted by atomic mass is 10.0. The Balaban J connectivity index is 2.23. The first-order valence-corrected chi connectivity index (χ1v) is 6.35. The molecule has 3 heterocycles. The van der Waals surface area contributed by atoms with Crippen molar-refractivity contribution >= 4 is 33.5 Å². The highest BCUT2D eigenvalue weighted by Gasteiger charge is 2.18. The Bertz CT molecular complexity index is 605. The second-order valence-corrected chi connectivity index (χ2v) is 5.46. The average molecular weight is 247 g/mol. The second kappa shape index (κ2) is 3.78. The minimum absolute atomic E-state index is 0.573. The van der Waals surface area contributed by atoms with Gasteiger partial charge in [0.15, 0.2) is 6.29 Å². The highest BCUT2D eigenvalue weighted by Crippen LogP contribution is 2.33. The van der Waals surface area contributed by atoms with E-state index in [9.17, 15) is 4.79 Å². The van der Waals surface area contributed by atoms with Crippen molar-refractivity contribution in [3.05, 3.63) is 22.2 Å². The van der Waals surface area contributed by atoms with Crippen LogP contribution in [0.2, 0.25) is 0 Å². The van der Waals surface area contributed by atoms with Gasteiger partial charge in [0.25, 0.3) is 0 Å². The maximum Gasteiger partial charge on any atom is 0.162 e. The van der Waals surface area contributed by atoms with Crippen molar-refractivity contribution in [3.63, 3.8) is 0 Å². The van der Waals surface area contributed by atoms with Gasteiger partial charge in [-0.05, 0) is 18.7 Å². The van der Waals surface area contributed by atoms with E-state index >= 15 is 0 Å². The molecule has 0 amide bonds. The molecule has 0 aromatic carbocycles. The zero-order valence-corrected chi connectivity index (χ0v) is 10.4. The number of aldehydes is 1. The van der Waals surface area contributed by atoms with E-state index in [1.54, 1.807) is 0 Å². The molecule has 1 aliphatic heterocycles. The van der Waals surface area contributed by atoms with Gasteiger partial charge >= 0.3 is 0 Å². The first-order valence-electron chi connectivity index (χ1n) is 5.53. The molecule has 0 aliphatic carbocycles. The summed E-state index contributed by atoms with van der Waals surface area (Å²) in [7, 11) is 2.10. The van der Waals surface area contributed by atoms with Crippen molar-refractivity contribution in [3.8, 4) is 0 Å². The number of nitrogens with zero attached hydrogens (tertiary/aromatic N) is 2. The quantitative estimate of drug-likeness (QED) is 0.779. The second-order valence-electron chi connectivity index (χ2n) is 4.43. The molecule has 4 nitrogen and oxygen atoms in total. The normalized spacial score (nSPS) is 16.1. The van der Waals surface area contributed by atoms with Crippen molar-refractivity contribution in [2.24, 2.45) is 0 Å². The standard InChI is InChI=1S/C12H13N3OS/c1-15-3-2-9-7(5-15)4-8-11(13)10(6-16)17-12(8)14-9/h4,6H,2-3,5,13H2,1H3. The van der Waals surface area contributed by atoms with Crippen LogP contribution < -0.4 is 5.73 Å². The van der Waals surface area contributed by atoms with Crippen LogP contribution in [0.25, 0.3) is 10.2 Å². The number of rotatable bonds is 1. The van der Waals surface area contributed by atoms with Crippen LogP contribution in [-0.4, -0.2) is 29.8 Å². The fourth-order valence-corrected chi connectivity index (χ4v) is 3.16. The molecule has 0 unspecified atom stereocenters. The lowest BCUT2D eigenvalue weighted by Gasteiger charge is -2.24. The summed E-state index contributed by atoms with van der Waals surface area (Å²) < 4.78 is 0. The summed E-state index contributed by atoms with van der Waals surface area (Å²) in [6, 6.07) is 2.09. The van der Waals surface area contributed by atoms with Crippen molar-refractivity contribution in [2.45, 2.75) is 13.0 Å². The van der Waals surface area contributed by atoms with Crippen molar-refractivity contribution in [1.82, 2.24) is 9.88 Å². The number of likely N-dealkylation sites (N-methyl/N-ethyl adjacent to an activating group) is 1. The number of hydrogen-bond acceptors (Lipinski definition) is 5. The van der Waals surface area contributed by atoms with Crippen LogP contribution >= 0.6 is 11.3 Å². The molecule has 0 saturated heterocycles. The molecule has 0 radical (unpaired) electrons. The highest BCUT2D eigenvalue weighted by molar-refractivity contribution is 7.20. The molecule has 88 valence electrons. The van der Waals surface area contributed by atoms with E-state index in [2.05, 4.69) is 23.0 Å². The Morgan fingerprint density at radius 2 is 2.41 bits per heavy atom. The Labute approximate surface area is 103 Å². The van der Waals surface area contributed by atoms with Gasteiger partial charge in [-0.15, -0.1) is 11.3 Å². The lowest BCUT2D eigenvalue weighted by molar-refractivity contribution is 0.112. The summed E-state index contributed by atoms with van der Waals surface area (Å²) in [6.45, 7) is 1.94. The monoisotopic (exact) mass is 247 g/mol. The third-order valence-electron chi connectivity index (χ3n) is 3.20. The predicted octanol–water partition coefficient (Wildman–Crippen LogP) is 1.68. The maximum absolute atomic E-state index is 10.9. The summed E-state index contributed by atoms with van der Waals surface area (Å²) >= 11 is 1.38. The SMILES string of the molecule is CN1CCc2nc3sc(C=O)c(N)c3cc2C1. The minimum atomic E-state index is 0.573. The fraction of sp³-hybridized carbons (Fsp3) is 0.333. The van der Waals surface area contributed by atoms with Gasteiger partial charge in [-0.3, -0.25) is 4.79 Å². The number of aromatic nitrogens is 1. The van der Waals surface area contributed by atoms with Gasteiger partial charge in [0, 0.05) is 30.6 Å². The van der Waals surface area contributed by atoms with Crippen LogP contribution in [0.1, 0.15) is 20.9 Å². The van der Waals surface area contributed by atoms with Crippen LogP contribution in [0.5, 0.6) is 0 Å². The summed E-state index contributed by atoms with van der Waals surface area (Å²) in [6.07, 6.45) is 1.78. The van der Waals surface area contributed by atoms with Crippen LogP contribution in [-0.2, 0) is 13.0 Å². The third-order valence-corrected chi connectivity index (χ3v) is 4.24. The molecule has 2 N–H and O–H groups in total. The minimum Gasteiger partial charge on any atom is -0.397 e. The summed E-state index contributed by atoms with van der Waals surface area (Å²) in [5.74, 6) is 0. The van der Waals surface area contributed by atoms with Crippen molar-refractivity contribution in [2.75, 3.05) is 19.3 Å². The van der Waals surface area contributed by atoms with E-state index in [1.165, 1.54) is 16.9 Å².